The zero-order valence-corrected chi connectivity index (χ0v) is 11.7. The van der Waals surface area contributed by atoms with Gasteiger partial charge in [-0.3, -0.25) is 4.79 Å². The number of amidine groups is 1. The quantitative estimate of drug-likeness (QED) is 0.479. The number of amides is 1. The Labute approximate surface area is 118 Å². The van der Waals surface area contributed by atoms with E-state index >= 15 is 0 Å². The Morgan fingerprint density at radius 1 is 1.35 bits per heavy atom. The molecule has 0 N–H and O–H groups in total. The van der Waals surface area contributed by atoms with E-state index in [0.717, 1.165) is 25.9 Å². The number of furan rings is 1. The first-order valence-electron chi connectivity index (χ1n) is 6.84. The lowest BCUT2D eigenvalue weighted by Gasteiger charge is -2.28. The van der Waals surface area contributed by atoms with E-state index in [1.807, 2.05) is 4.90 Å². The molecule has 1 aromatic heterocycles. The Kier molecular flexibility index (Phi) is 5.61. The molecule has 0 radical (unpaired) electrons. The maximum absolute atomic E-state index is 12.0. The van der Waals surface area contributed by atoms with Crippen molar-refractivity contribution in [3.8, 4) is 0 Å². The van der Waals surface area contributed by atoms with Crippen LogP contribution < -0.4 is 0 Å². The first-order valence-corrected chi connectivity index (χ1v) is 6.84. The van der Waals surface area contributed by atoms with E-state index in [9.17, 15) is 4.79 Å². The fourth-order valence-corrected chi connectivity index (χ4v) is 2.04. The van der Waals surface area contributed by atoms with Gasteiger partial charge in [0.2, 0.25) is 0 Å². The number of methoxy groups -OCH3 is 1. The maximum atomic E-state index is 12.0. The molecule has 0 atom stereocenters. The highest BCUT2D eigenvalue weighted by molar-refractivity contribution is 5.99. The Balaban J connectivity index is 2.05. The van der Waals surface area contributed by atoms with Gasteiger partial charge in [0.1, 0.15) is 6.61 Å². The molecule has 20 heavy (non-hydrogen) atoms. The maximum Gasteiger partial charge on any atom is 0.317 e. The van der Waals surface area contributed by atoms with Gasteiger partial charge in [-0.2, -0.15) is 4.99 Å². The molecule has 110 valence electrons. The Hall–Kier alpha value is -1.82. The van der Waals surface area contributed by atoms with Crippen molar-refractivity contribution in [3.63, 3.8) is 0 Å². The smallest absolute Gasteiger partial charge is 0.317 e. The second kappa shape index (κ2) is 7.69. The van der Waals surface area contributed by atoms with Gasteiger partial charge in [0, 0.05) is 20.2 Å². The van der Waals surface area contributed by atoms with Gasteiger partial charge in [-0.1, -0.05) is 0 Å². The fourth-order valence-electron chi connectivity index (χ4n) is 2.04. The average molecular weight is 280 g/mol. The third-order valence-electron chi connectivity index (χ3n) is 3.07. The summed E-state index contributed by atoms with van der Waals surface area (Å²) in [6.07, 6.45) is 4.83. The second-order valence-electron chi connectivity index (χ2n) is 4.57. The van der Waals surface area contributed by atoms with Crippen LogP contribution in [0.3, 0.4) is 0 Å². The summed E-state index contributed by atoms with van der Waals surface area (Å²) in [4.78, 5) is 18.0. The van der Waals surface area contributed by atoms with Crippen LogP contribution in [0, 0.1) is 0 Å². The van der Waals surface area contributed by atoms with Gasteiger partial charge in [0.15, 0.2) is 5.76 Å². The lowest BCUT2D eigenvalue weighted by Crippen LogP contribution is -2.38. The zero-order chi connectivity index (χ0) is 14.2. The van der Waals surface area contributed by atoms with Gasteiger partial charge >= 0.3 is 5.91 Å². The minimum atomic E-state index is -0.423. The highest BCUT2D eigenvalue weighted by atomic mass is 16.5. The molecule has 2 heterocycles. The van der Waals surface area contributed by atoms with E-state index in [-0.39, 0.29) is 5.76 Å². The van der Waals surface area contributed by atoms with Crippen molar-refractivity contribution < 1.29 is 18.7 Å². The van der Waals surface area contributed by atoms with Crippen molar-refractivity contribution in [2.45, 2.75) is 19.3 Å². The van der Waals surface area contributed by atoms with Crippen molar-refractivity contribution in [1.29, 1.82) is 0 Å². The summed E-state index contributed by atoms with van der Waals surface area (Å²) in [5, 5.41) is 0. The minimum absolute atomic E-state index is 0.217. The van der Waals surface area contributed by atoms with Gasteiger partial charge in [-0.15, -0.1) is 0 Å². The molecule has 0 aromatic carbocycles. The predicted molar refractivity (Wildman–Crippen MR) is 73.7 cm³/mol. The molecular formula is C14H20N2O4. The predicted octanol–water partition coefficient (Wildman–Crippen LogP) is 1.92. The molecule has 0 spiro atoms. The van der Waals surface area contributed by atoms with Crippen LogP contribution in [0.1, 0.15) is 29.8 Å². The summed E-state index contributed by atoms with van der Waals surface area (Å²) in [5.74, 6) is -0.206. The van der Waals surface area contributed by atoms with Gasteiger partial charge in [0.05, 0.1) is 12.9 Å². The average Bonchev–Trinajstić information content (AvgIpc) is 3.01. The molecule has 1 saturated heterocycles. The van der Waals surface area contributed by atoms with E-state index in [1.165, 1.54) is 12.7 Å². The van der Waals surface area contributed by atoms with Crippen LogP contribution >= 0.6 is 0 Å². The lowest BCUT2D eigenvalue weighted by molar-refractivity contribution is 0.0953. The SMILES string of the molecule is COCCOC(=NC(=O)c1ccco1)N1CCCCC1. The number of nitrogens with zero attached hydrogens (tertiary/aromatic N) is 2. The zero-order valence-electron chi connectivity index (χ0n) is 11.7. The number of aliphatic imine (C=N–C) groups is 1. The van der Waals surface area contributed by atoms with Crippen LogP contribution in [0.5, 0.6) is 0 Å². The first kappa shape index (κ1) is 14.6. The fraction of sp³-hybridized carbons (Fsp3) is 0.571. The molecule has 1 aliphatic rings. The molecular weight excluding hydrogens is 260 g/mol. The highest BCUT2D eigenvalue weighted by Crippen LogP contribution is 2.11. The number of rotatable bonds is 4. The van der Waals surface area contributed by atoms with Crippen molar-refractivity contribution >= 4 is 11.9 Å². The van der Waals surface area contributed by atoms with Gasteiger partial charge in [-0.25, -0.2) is 0 Å². The van der Waals surface area contributed by atoms with E-state index in [1.54, 1.807) is 19.2 Å². The largest absolute Gasteiger partial charge is 0.462 e. The summed E-state index contributed by atoms with van der Waals surface area (Å²) in [5.41, 5.74) is 0. The molecule has 6 nitrogen and oxygen atoms in total. The highest BCUT2D eigenvalue weighted by Gasteiger charge is 2.19. The second-order valence-corrected chi connectivity index (χ2v) is 4.57. The van der Waals surface area contributed by atoms with Crippen molar-refractivity contribution in [2.24, 2.45) is 4.99 Å². The van der Waals surface area contributed by atoms with E-state index < -0.39 is 5.91 Å². The monoisotopic (exact) mass is 280 g/mol. The summed E-state index contributed by atoms with van der Waals surface area (Å²) >= 11 is 0. The van der Waals surface area contributed by atoms with Crippen LogP contribution in [0.25, 0.3) is 0 Å². The number of carbonyl (C=O) groups is 1. The number of carbonyl (C=O) groups excluding carboxylic acids is 1. The van der Waals surface area contributed by atoms with Crippen molar-refractivity contribution in [3.05, 3.63) is 24.2 Å². The summed E-state index contributed by atoms with van der Waals surface area (Å²) in [6, 6.07) is 3.62. The molecule has 1 amide bonds. The van der Waals surface area contributed by atoms with Crippen molar-refractivity contribution in [1.82, 2.24) is 4.90 Å². The van der Waals surface area contributed by atoms with Gasteiger partial charge < -0.3 is 18.8 Å². The molecule has 0 unspecified atom stereocenters. The summed E-state index contributed by atoms with van der Waals surface area (Å²) < 4.78 is 15.6. The standard InChI is InChI=1S/C14H20N2O4/c1-18-10-11-20-14(16-7-3-2-4-8-16)15-13(17)12-6-5-9-19-12/h5-6,9H,2-4,7-8,10-11H2,1H3. The van der Waals surface area contributed by atoms with Crippen LogP contribution in [0.4, 0.5) is 0 Å². The molecule has 6 heteroatoms. The molecule has 0 bridgehead atoms. The third-order valence-corrected chi connectivity index (χ3v) is 3.07. The molecule has 0 saturated carbocycles. The Morgan fingerprint density at radius 3 is 2.80 bits per heavy atom. The molecule has 1 aliphatic heterocycles. The first-order chi connectivity index (χ1) is 9.81. The summed E-state index contributed by atoms with van der Waals surface area (Å²) in [6.45, 7) is 2.55. The topological polar surface area (TPSA) is 64.3 Å². The molecule has 0 aliphatic carbocycles. The Morgan fingerprint density at radius 2 is 2.15 bits per heavy atom. The summed E-state index contributed by atoms with van der Waals surface area (Å²) in [7, 11) is 1.61. The third kappa shape index (κ3) is 4.09. The molecule has 2 rings (SSSR count). The van der Waals surface area contributed by atoms with E-state index in [4.69, 9.17) is 13.9 Å². The van der Waals surface area contributed by atoms with Crippen molar-refractivity contribution in [2.75, 3.05) is 33.4 Å². The van der Waals surface area contributed by atoms with Crippen LogP contribution in [0.15, 0.2) is 27.8 Å². The number of hydrogen-bond donors (Lipinski definition) is 0. The van der Waals surface area contributed by atoms with E-state index in [2.05, 4.69) is 4.99 Å². The van der Waals surface area contributed by atoms with Crippen LogP contribution in [0.2, 0.25) is 0 Å². The van der Waals surface area contributed by atoms with Gasteiger partial charge in [-0.05, 0) is 31.4 Å². The number of likely N-dealkylation sites (tertiary alicyclic amines) is 1. The molecule has 1 aromatic rings. The van der Waals surface area contributed by atoms with E-state index in [0.29, 0.717) is 19.2 Å². The van der Waals surface area contributed by atoms with Crippen LogP contribution in [-0.2, 0) is 9.47 Å². The Bertz CT molecular complexity index is 436. The van der Waals surface area contributed by atoms with Gasteiger partial charge in [0.25, 0.3) is 6.02 Å². The van der Waals surface area contributed by atoms with Crippen LogP contribution in [-0.4, -0.2) is 50.2 Å². The molecule has 1 fully saturated rings. The number of piperidine rings is 1. The minimum Gasteiger partial charge on any atom is -0.462 e. The number of hydrogen-bond acceptors (Lipinski definition) is 4. The normalized spacial score (nSPS) is 16.2. The number of ether oxygens (including phenoxy) is 2. The lowest BCUT2D eigenvalue weighted by atomic mass is 10.1.